The van der Waals surface area contributed by atoms with E-state index in [-0.39, 0.29) is 6.10 Å². The van der Waals surface area contributed by atoms with Crippen molar-refractivity contribution in [1.29, 1.82) is 0 Å². The minimum Gasteiger partial charge on any atom is -0.393 e. The van der Waals surface area contributed by atoms with E-state index >= 15 is 0 Å². The van der Waals surface area contributed by atoms with Gasteiger partial charge in [-0.25, -0.2) is 0 Å². The fourth-order valence-corrected chi connectivity index (χ4v) is 1.80. The summed E-state index contributed by atoms with van der Waals surface area (Å²) < 4.78 is 0. The predicted molar refractivity (Wildman–Crippen MR) is 74.0 cm³/mol. The van der Waals surface area contributed by atoms with Gasteiger partial charge in [0.15, 0.2) is 0 Å². The Balaban J connectivity index is 1.78. The second kappa shape index (κ2) is 7.01. The number of hydrogen-bond acceptors (Lipinski definition) is 4. The van der Waals surface area contributed by atoms with Gasteiger partial charge in [-0.15, -0.1) is 0 Å². The highest BCUT2D eigenvalue weighted by Gasteiger charge is 2.02. The van der Waals surface area contributed by atoms with Gasteiger partial charge in [0.05, 0.1) is 23.7 Å². The molecule has 0 aliphatic rings. The van der Waals surface area contributed by atoms with Gasteiger partial charge in [0.2, 0.25) is 0 Å². The zero-order valence-electron chi connectivity index (χ0n) is 11.2. The Labute approximate surface area is 113 Å². The highest BCUT2D eigenvalue weighted by Crippen LogP contribution is 2.04. The number of hydrogen-bond donors (Lipinski definition) is 2. The van der Waals surface area contributed by atoms with Crippen LogP contribution < -0.4 is 5.32 Å². The van der Waals surface area contributed by atoms with Gasteiger partial charge < -0.3 is 10.4 Å². The molecule has 2 rings (SSSR count). The molecule has 102 valence electrons. The van der Waals surface area contributed by atoms with Gasteiger partial charge in [0, 0.05) is 6.54 Å². The Bertz CT molecular complexity index is 481. The van der Waals surface area contributed by atoms with Crippen molar-refractivity contribution in [3.8, 4) is 5.69 Å². The molecule has 0 amide bonds. The molecule has 1 aromatic carbocycles. The minimum absolute atomic E-state index is 0.222. The van der Waals surface area contributed by atoms with Gasteiger partial charge in [-0.2, -0.15) is 15.0 Å². The van der Waals surface area contributed by atoms with Gasteiger partial charge in [-0.3, -0.25) is 0 Å². The van der Waals surface area contributed by atoms with E-state index in [2.05, 4.69) is 15.5 Å². The predicted octanol–water partition coefficient (Wildman–Crippen LogP) is 1.52. The first kappa shape index (κ1) is 13.7. The molecule has 0 fully saturated rings. The minimum atomic E-state index is -0.222. The SMILES string of the molecule is CC(O)CCCNCc1cnn(-c2ccccc2)n1. The normalized spacial score (nSPS) is 12.5. The number of aliphatic hydroxyl groups is 1. The van der Waals surface area contributed by atoms with Crippen LogP contribution in [0.1, 0.15) is 25.5 Å². The number of aromatic nitrogens is 3. The summed E-state index contributed by atoms with van der Waals surface area (Å²) in [5.41, 5.74) is 1.88. The second-order valence-electron chi connectivity index (χ2n) is 4.63. The third-order valence-corrected chi connectivity index (χ3v) is 2.81. The van der Waals surface area contributed by atoms with Crippen LogP contribution in [-0.2, 0) is 6.54 Å². The van der Waals surface area contributed by atoms with Crippen LogP contribution in [0.25, 0.3) is 5.69 Å². The topological polar surface area (TPSA) is 63.0 Å². The summed E-state index contributed by atoms with van der Waals surface area (Å²) in [5.74, 6) is 0. The summed E-state index contributed by atoms with van der Waals surface area (Å²) in [6, 6.07) is 9.84. The molecular weight excluding hydrogens is 240 g/mol. The first-order chi connectivity index (χ1) is 9.25. The molecule has 0 bridgehead atoms. The monoisotopic (exact) mass is 260 g/mol. The van der Waals surface area contributed by atoms with Crippen molar-refractivity contribution in [1.82, 2.24) is 20.3 Å². The van der Waals surface area contributed by atoms with Crippen LogP contribution in [0, 0.1) is 0 Å². The van der Waals surface area contributed by atoms with Gasteiger partial charge >= 0.3 is 0 Å². The summed E-state index contributed by atoms with van der Waals surface area (Å²) in [4.78, 5) is 1.63. The van der Waals surface area contributed by atoms with Crippen molar-refractivity contribution in [3.05, 3.63) is 42.2 Å². The van der Waals surface area contributed by atoms with Crippen LogP contribution >= 0.6 is 0 Å². The van der Waals surface area contributed by atoms with Gasteiger partial charge in [-0.1, -0.05) is 18.2 Å². The summed E-state index contributed by atoms with van der Waals surface area (Å²) in [5, 5.41) is 21.1. The first-order valence-electron chi connectivity index (χ1n) is 6.61. The molecule has 0 aliphatic heterocycles. The number of para-hydroxylation sites is 1. The van der Waals surface area contributed by atoms with E-state index in [0.29, 0.717) is 6.54 Å². The molecule has 0 saturated heterocycles. The summed E-state index contributed by atoms with van der Waals surface area (Å²) in [7, 11) is 0. The molecule has 0 saturated carbocycles. The molecule has 1 heterocycles. The van der Waals surface area contributed by atoms with E-state index in [1.165, 1.54) is 0 Å². The zero-order valence-corrected chi connectivity index (χ0v) is 11.2. The third-order valence-electron chi connectivity index (χ3n) is 2.81. The van der Waals surface area contributed by atoms with E-state index in [1.807, 2.05) is 37.3 Å². The molecule has 19 heavy (non-hydrogen) atoms. The van der Waals surface area contributed by atoms with Crippen LogP contribution in [0.15, 0.2) is 36.5 Å². The molecule has 1 atom stereocenters. The Morgan fingerprint density at radius 2 is 2.11 bits per heavy atom. The summed E-state index contributed by atoms with van der Waals surface area (Å²) in [6.07, 6.45) is 3.34. The number of nitrogens with zero attached hydrogens (tertiary/aromatic N) is 3. The van der Waals surface area contributed by atoms with E-state index in [0.717, 1.165) is 30.8 Å². The number of nitrogens with one attached hydrogen (secondary N) is 1. The molecule has 5 nitrogen and oxygen atoms in total. The molecule has 0 aliphatic carbocycles. The lowest BCUT2D eigenvalue weighted by Gasteiger charge is -2.04. The molecule has 0 spiro atoms. The van der Waals surface area contributed by atoms with Gasteiger partial charge in [-0.05, 0) is 38.4 Å². The van der Waals surface area contributed by atoms with E-state index in [4.69, 9.17) is 5.11 Å². The van der Waals surface area contributed by atoms with E-state index in [9.17, 15) is 0 Å². The van der Waals surface area contributed by atoms with Gasteiger partial charge in [0.25, 0.3) is 0 Å². The standard InChI is InChI=1S/C14H20N4O/c1-12(19)6-5-9-15-10-13-11-16-18(17-13)14-7-3-2-4-8-14/h2-4,7-8,11-12,15,19H,5-6,9-10H2,1H3. The molecular formula is C14H20N4O. The fourth-order valence-electron chi connectivity index (χ4n) is 1.80. The highest BCUT2D eigenvalue weighted by atomic mass is 16.3. The molecule has 1 aromatic heterocycles. The maximum Gasteiger partial charge on any atom is 0.0969 e. The highest BCUT2D eigenvalue weighted by molar-refractivity contribution is 5.28. The molecule has 1 unspecified atom stereocenters. The maximum absolute atomic E-state index is 9.14. The Hall–Kier alpha value is -1.72. The molecule has 2 N–H and O–H groups in total. The lowest BCUT2D eigenvalue weighted by Crippen LogP contribution is -2.16. The average molecular weight is 260 g/mol. The van der Waals surface area contributed by atoms with E-state index in [1.54, 1.807) is 11.0 Å². The zero-order chi connectivity index (χ0) is 13.5. The quantitative estimate of drug-likeness (QED) is 0.741. The lowest BCUT2D eigenvalue weighted by molar-refractivity contribution is 0.181. The Kier molecular flexibility index (Phi) is 5.06. The maximum atomic E-state index is 9.14. The van der Waals surface area contributed by atoms with Crippen LogP contribution in [0.4, 0.5) is 0 Å². The average Bonchev–Trinajstić information content (AvgIpc) is 2.88. The van der Waals surface area contributed by atoms with Crippen LogP contribution in [0.2, 0.25) is 0 Å². The van der Waals surface area contributed by atoms with Gasteiger partial charge in [0.1, 0.15) is 0 Å². The fraction of sp³-hybridized carbons (Fsp3) is 0.429. The number of aliphatic hydroxyl groups excluding tert-OH is 1. The summed E-state index contributed by atoms with van der Waals surface area (Å²) >= 11 is 0. The number of benzene rings is 1. The third kappa shape index (κ3) is 4.46. The van der Waals surface area contributed by atoms with Crippen molar-refractivity contribution < 1.29 is 5.11 Å². The molecule has 0 radical (unpaired) electrons. The second-order valence-corrected chi connectivity index (χ2v) is 4.63. The summed E-state index contributed by atoms with van der Waals surface area (Å²) in [6.45, 7) is 3.39. The van der Waals surface area contributed by atoms with Crippen LogP contribution in [0.5, 0.6) is 0 Å². The van der Waals surface area contributed by atoms with Crippen molar-refractivity contribution in [2.75, 3.05) is 6.54 Å². The van der Waals surface area contributed by atoms with Crippen molar-refractivity contribution in [3.63, 3.8) is 0 Å². The van der Waals surface area contributed by atoms with Crippen molar-refractivity contribution in [2.45, 2.75) is 32.4 Å². The van der Waals surface area contributed by atoms with E-state index < -0.39 is 0 Å². The van der Waals surface area contributed by atoms with Crippen LogP contribution in [-0.4, -0.2) is 32.7 Å². The smallest absolute Gasteiger partial charge is 0.0969 e. The Morgan fingerprint density at radius 1 is 1.32 bits per heavy atom. The molecule has 5 heteroatoms. The lowest BCUT2D eigenvalue weighted by atomic mass is 10.2. The Morgan fingerprint density at radius 3 is 2.84 bits per heavy atom. The van der Waals surface area contributed by atoms with Crippen LogP contribution in [0.3, 0.4) is 0 Å². The number of rotatable bonds is 7. The van der Waals surface area contributed by atoms with Crippen molar-refractivity contribution >= 4 is 0 Å². The first-order valence-corrected chi connectivity index (χ1v) is 6.61. The largest absolute Gasteiger partial charge is 0.393 e. The molecule has 2 aromatic rings. The van der Waals surface area contributed by atoms with Crippen molar-refractivity contribution in [2.24, 2.45) is 0 Å².